The standard InChI is InChI=1S/C23H23F3N4O4/c1-28-20-18(21(32)29(22(28)33)12-7-13-31)27-19(30(20)14-15-8-3-2-4-9-15)16-10-5-6-11-17(16)34-23(24,25)26/h2-6,8-11,19,27,31H,7,12-14H2,1H3. The molecule has 1 unspecified atom stereocenters. The van der Waals surface area contributed by atoms with E-state index in [9.17, 15) is 22.8 Å². The van der Waals surface area contributed by atoms with Crippen LogP contribution in [0.4, 0.5) is 24.7 Å². The summed E-state index contributed by atoms with van der Waals surface area (Å²) in [6.07, 6.45) is -5.62. The predicted molar refractivity (Wildman–Crippen MR) is 120 cm³/mol. The summed E-state index contributed by atoms with van der Waals surface area (Å²) in [5, 5.41) is 12.2. The van der Waals surface area contributed by atoms with Gasteiger partial charge in [0, 0.05) is 32.3 Å². The van der Waals surface area contributed by atoms with Gasteiger partial charge in [0.05, 0.1) is 0 Å². The predicted octanol–water partition coefficient (Wildman–Crippen LogP) is 2.96. The maximum atomic E-state index is 13.2. The Balaban J connectivity index is 1.87. The number of aliphatic hydroxyl groups excluding tert-OH is 1. The second-order valence-electron chi connectivity index (χ2n) is 7.82. The molecule has 8 nitrogen and oxygen atoms in total. The van der Waals surface area contributed by atoms with E-state index in [0.29, 0.717) is 0 Å². The fraction of sp³-hybridized carbons (Fsp3) is 0.304. The molecule has 2 N–H and O–H groups in total. The molecular formula is C23H23F3N4O4. The van der Waals surface area contributed by atoms with Crippen molar-refractivity contribution < 1.29 is 23.0 Å². The largest absolute Gasteiger partial charge is 0.573 e. The summed E-state index contributed by atoms with van der Waals surface area (Å²) in [6.45, 7) is 0.0122. The molecule has 1 aliphatic rings. The van der Waals surface area contributed by atoms with E-state index < -0.39 is 29.5 Å². The molecule has 0 fully saturated rings. The Kier molecular flexibility index (Phi) is 6.38. The van der Waals surface area contributed by atoms with E-state index in [2.05, 4.69) is 10.1 Å². The van der Waals surface area contributed by atoms with E-state index in [4.69, 9.17) is 5.11 Å². The highest BCUT2D eigenvalue weighted by atomic mass is 19.4. The number of ether oxygens (including phenoxy) is 1. The summed E-state index contributed by atoms with van der Waals surface area (Å²) in [4.78, 5) is 27.8. The lowest BCUT2D eigenvalue weighted by atomic mass is 10.1. The Morgan fingerprint density at radius 3 is 2.41 bits per heavy atom. The van der Waals surface area contributed by atoms with E-state index in [1.807, 2.05) is 30.3 Å². The van der Waals surface area contributed by atoms with Crippen LogP contribution in [0, 0.1) is 0 Å². The molecule has 2 aromatic carbocycles. The van der Waals surface area contributed by atoms with Gasteiger partial charge >= 0.3 is 12.1 Å². The van der Waals surface area contributed by atoms with E-state index >= 15 is 0 Å². The molecule has 0 aliphatic carbocycles. The summed E-state index contributed by atoms with van der Waals surface area (Å²) < 4.78 is 45.8. The summed E-state index contributed by atoms with van der Waals surface area (Å²) in [5.41, 5.74) is -0.129. The first-order chi connectivity index (χ1) is 16.2. The van der Waals surface area contributed by atoms with Crippen LogP contribution in [0.5, 0.6) is 5.75 Å². The summed E-state index contributed by atoms with van der Waals surface area (Å²) in [7, 11) is 1.50. The van der Waals surface area contributed by atoms with Crippen molar-refractivity contribution in [3.05, 3.63) is 86.6 Å². The SMILES string of the molecule is Cn1c2c(c(=O)n(CCCO)c1=O)NC(c1ccccc1OC(F)(F)F)N2Cc1ccccc1. The smallest absolute Gasteiger partial charge is 0.405 e. The van der Waals surface area contributed by atoms with Gasteiger partial charge in [-0.25, -0.2) is 4.79 Å². The Hall–Kier alpha value is -3.73. The van der Waals surface area contributed by atoms with Crippen LogP contribution in [0.15, 0.2) is 64.2 Å². The minimum atomic E-state index is -4.91. The number of halogens is 3. The molecular weight excluding hydrogens is 453 g/mol. The van der Waals surface area contributed by atoms with Crippen LogP contribution in [-0.4, -0.2) is 27.2 Å². The van der Waals surface area contributed by atoms with Crippen molar-refractivity contribution in [1.82, 2.24) is 9.13 Å². The fourth-order valence-electron chi connectivity index (χ4n) is 4.10. The summed E-state index contributed by atoms with van der Waals surface area (Å²) in [6, 6.07) is 14.8. The molecule has 0 spiro atoms. The van der Waals surface area contributed by atoms with E-state index in [1.54, 1.807) is 11.0 Å². The average molecular weight is 476 g/mol. The molecule has 0 saturated carbocycles. The zero-order chi connectivity index (χ0) is 24.5. The number of anilines is 2. The van der Waals surface area contributed by atoms with Crippen molar-refractivity contribution in [3.63, 3.8) is 0 Å². The second-order valence-corrected chi connectivity index (χ2v) is 7.82. The van der Waals surface area contributed by atoms with Gasteiger partial charge < -0.3 is 20.1 Å². The van der Waals surface area contributed by atoms with Crippen LogP contribution in [0.3, 0.4) is 0 Å². The van der Waals surface area contributed by atoms with Crippen molar-refractivity contribution in [2.45, 2.75) is 32.0 Å². The molecule has 180 valence electrons. The molecule has 0 amide bonds. The molecule has 0 radical (unpaired) electrons. The third-order valence-electron chi connectivity index (χ3n) is 5.56. The summed E-state index contributed by atoms with van der Waals surface area (Å²) >= 11 is 0. The first-order valence-corrected chi connectivity index (χ1v) is 10.6. The fourth-order valence-corrected chi connectivity index (χ4v) is 4.10. The number of nitrogens with one attached hydrogen (secondary N) is 1. The van der Waals surface area contributed by atoms with Gasteiger partial charge in [-0.2, -0.15) is 0 Å². The maximum absolute atomic E-state index is 13.2. The van der Waals surface area contributed by atoms with Gasteiger partial charge in [-0.3, -0.25) is 13.9 Å². The number of aliphatic hydroxyl groups is 1. The van der Waals surface area contributed by atoms with E-state index in [0.717, 1.165) is 10.1 Å². The highest BCUT2D eigenvalue weighted by molar-refractivity contribution is 5.73. The first-order valence-electron chi connectivity index (χ1n) is 10.6. The van der Waals surface area contributed by atoms with E-state index in [-0.39, 0.29) is 43.2 Å². The summed E-state index contributed by atoms with van der Waals surface area (Å²) in [5.74, 6) is -0.158. The highest BCUT2D eigenvalue weighted by Crippen LogP contribution is 2.42. The van der Waals surface area contributed by atoms with Crippen molar-refractivity contribution in [2.24, 2.45) is 7.05 Å². The van der Waals surface area contributed by atoms with Crippen molar-refractivity contribution in [3.8, 4) is 5.75 Å². The number of hydrogen-bond donors (Lipinski definition) is 2. The number of rotatable bonds is 7. The van der Waals surface area contributed by atoms with Crippen LogP contribution < -0.4 is 26.2 Å². The van der Waals surface area contributed by atoms with Gasteiger partial charge in [-0.05, 0) is 18.1 Å². The normalized spacial score (nSPS) is 15.2. The molecule has 34 heavy (non-hydrogen) atoms. The highest BCUT2D eigenvalue weighted by Gasteiger charge is 2.39. The van der Waals surface area contributed by atoms with Crippen LogP contribution >= 0.6 is 0 Å². The lowest BCUT2D eigenvalue weighted by Gasteiger charge is -2.29. The first kappa shape index (κ1) is 23.4. The molecule has 1 aromatic heterocycles. The molecule has 2 heterocycles. The lowest BCUT2D eigenvalue weighted by molar-refractivity contribution is -0.274. The topological polar surface area (TPSA) is 88.7 Å². The molecule has 11 heteroatoms. The molecule has 1 aliphatic heterocycles. The van der Waals surface area contributed by atoms with Gasteiger partial charge in [0.25, 0.3) is 5.56 Å². The number of benzene rings is 2. The molecule has 0 bridgehead atoms. The van der Waals surface area contributed by atoms with Gasteiger partial charge in [-0.1, -0.05) is 48.5 Å². The number of aromatic nitrogens is 2. The number of nitrogens with zero attached hydrogens (tertiary/aromatic N) is 3. The van der Waals surface area contributed by atoms with Gasteiger partial charge in [0.1, 0.15) is 23.4 Å². The average Bonchev–Trinajstić information content (AvgIpc) is 3.17. The monoisotopic (exact) mass is 476 g/mol. The Morgan fingerprint density at radius 1 is 1.06 bits per heavy atom. The number of para-hydroxylation sites is 1. The third kappa shape index (κ3) is 4.51. The number of fused-ring (bicyclic) bond motifs is 1. The molecule has 4 rings (SSSR count). The number of hydrogen-bond acceptors (Lipinski definition) is 6. The van der Waals surface area contributed by atoms with Gasteiger partial charge in [0.2, 0.25) is 0 Å². The minimum Gasteiger partial charge on any atom is -0.405 e. The van der Waals surface area contributed by atoms with Crippen molar-refractivity contribution in [2.75, 3.05) is 16.8 Å². The zero-order valence-electron chi connectivity index (χ0n) is 18.2. The Bertz CT molecular complexity index is 1290. The third-order valence-corrected chi connectivity index (χ3v) is 5.56. The zero-order valence-corrected chi connectivity index (χ0v) is 18.2. The maximum Gasteiger partial charge on any atom is 0.573 e. The van der Waals surface area contributed by atoms with Crippen LogP contribution in [0.1, 0.15) is 23.7 Å². The lowest BCUT2D eigenvalue weighted by Crippen LogP contribution is -2.40. The molecule has 1 atom stereocenters. The molecule has 0 saturated heterocycles. The quantitative estimate of drug-likeness (QED) is 0.545. The van der Waals surface area contributed by atoms with Crippen molar-refractivity contribution >= 4 is 11.5 Å². The Morgan fingerprint density at radius 2 is 1.74 bits per heavy atom. The molecule has 3 aromatic rings. The van der Waals surface area contributed by atoms with Crippen LogP contribution in [0.2, 0.25) is 0 Å². The van der Waals surface area contributed by atoms with Gasteiger partial charge in [0.15, 0.2) is 0 Å². The van der Waals surface area contributed by atoms with Gasteiger partial charge in [-0.15, -0.1) is 13.2 Å². The number of alkyl halides is 3. The van der Waals surface area contributed by atoms with Crippen molar-refractivity contribution in [1.29, 1.82) is 0 Å². The van der Waals surface area contributed by atoms with E-state index in [1.165, 1.54) is 29.8 Å². The van der Waals surface area contributed by atoms with Crippen LogP contribution in [-0.2, 0) is 20.1 Å². The Labute approximate surface area is 192 Å². The second kappa shape index (κ2) is 9.26. The minimum absolute atomic E-state index is 0.00803. The van der Waals surface area contributed by atoms with Crippen LogP contribution in [0.25, 0.3) is 0 Å².